The molecule has 5 nitrogen and oxygen atoms in total. The molecule has 4 N–H and O–H groups in total. The van der Waals surface area contributed by atoms with E-state index in [9.17, 15) is 0 Å². The van der Waals surface area contributed by atoms with Crippen LogP contribution >= 0.6 is 11.8 Å². The van der Waals surface area contributed by atoms with Crippen molar-refractivity contribution >= 4 is 17.7 Å². The van der Waals surface area contributed by atoms with Crippen LogP contribution in [0.4, 0.5) is 5.95 Å². The Labute approximate surface area is 80.9 Å². The van der Waals surface area contributed by atoms with Gasteiger partial charge in [-0.2, -0.15) is 4.98 Å². The van der Waals surface area contributed by atoms with Gasteiger partial charge in [0.05, 0.1) is 0 Å². The van der Waals surface area contributed by atoms with E-state index in [1.807, 2.05) is 0 Å². The van der Waals surface area contributed by atoms with Crippen molar-refractivity contribution in [3.05, 3.63) is 0 Å². The van der Waals surface area contributed by atoms with Gasteiger partial charge in [-0.25, -0.2) is 5.10 Å². The minimum atomic E-state index is 0.395. The maximum absolute atomic E-state index is 5.41. The molecule has 13 heavy (non-hydrogen) atoms. The fraction of sp³-hybridized carbons (Fsp3) is 0.714. The Kier molecular flexibility index (Phi) is 2.70. The molecule has 0 saturated carbocycles. The van der Waals surface area contributed by atoms with Crippen LogP contribution in [0.15, 0.2) is 5.16 Å². The zero-order valence-corrected chi connectivity index (χ0v) is 8.10. The predicted octanol–water partition coefficient (Wildman–Crippen LogP) is 0.0885. The average Bonchev–Trinajstić information content (AvgIpc) is 2.71. The minimum Gasteiger partial charge on any atom is -0.368 e. The smallest absolute Gasteiger partial charge is 0.216 e. The lowest BCUT2D eigenvalue weighted by Gasteiger charge is -2.03. The summed E-state index contributed by atoms with van der Waals surface area (Å²) in [5, 5.41) is 10.7. The number of rotatable bonds is 3. The summed E-state index contributed by atoms with van der Waals surface area (Å²) in [6, 6.07) is 0. The molecule has 1 aliphatic rings. The van der Waals surface area contributed by atoms with Gasteiger partial charge in [-0.1, -0.05) is 11.8 Å². The minimum absolute atomic E-state index is 0.395. The molecular formula is C7H13N5S. The van der Waals surface area contributed by atoms with Crippen LogP contribution in [0.2, 0.25) is 0 Å². The molecule has 0 bridgehead atoms. The molecule has 0 spiro atoms. The molecule has 0 amide bonds. The Balaban J connectivity index is 1.78. The molecule has 2 heterocycles. The normalized spacial score (nSPS) is 22.3. The number of nitrogens with one attached hydrogen (secondary N) is 2. The summed E-state index contributed by atoms with van der Waals surface area (Å²) in [7, 11) is 0. The van der Waals surface area contributed by atoms with E-state index in [1.165, 1.54) is 6.42 Å². The molecule has 1 atom stereocenters. The molecule has 1 fully saturated rings. The van der Waals surface area contributed by atoms with Crippen LogP contribution in [0, 0.1) is 5.92 Å². The second-order valence-corrected chi connectivity index (χ2v) is 4.16. The SMILES string of the molecule is Nc1nc(SCC2CCNC2)n[nH]1. The van der Waals surface area contributed by atoms with Gasteiger partial charge in [-0.05, 0) is 25.4 Å². The number of nitrogens with zero attached hydrogens (tertiary/aromatic N) is 2. The monoisotopic (exact) mass is 199 g/mol. The fourth-order valence-corrected chi connectivity index (χ4v) is 2.31. The number of hydrogen-bond donors (Lipinski definition) is 3. The molecule has 2 rings (SSSR count). The van der Waals surface area contributed by atoms with Gasteiger partial charge in [-0.3, -0.25) is 0 Å². The van der Waals surface area contributed by atoms with Crippen molar-refractivity contribution in [1.29, 1.82) is 0 Å². The van der Waals surface area contributed by atoms with E-state index in [4.69, 9.17) is 5.73 Å². The Hall–Kier alpha value is -0.750. The molecule has 1 unspecified atom stereocenters. The zero-order valence-electron chi connectivity index (χ0n) is 7.29. The van der Waals surface area contributed by atoms with Crippen LogP contribution < -0.4 is 11.1 Å². The number of thioether (sulfide) groups is 1. The summed E-state index contributed by atoms with van der Waals surface area (Å²) in [6.07, 6.45) is 1.26. The predicted molar refractivity (Wildman–Crippen MR) is 52.5 cm³/mol. The van der Waals surface area contributed by atoms with Crippen LogP contribution in [0.5, 0.6) is 0 Å². The molecule has 1 aliphatic heterocycles. The van der Waals surface area contributed by atoms with Crippen molar-refractivity contribution in [3.63, 3.8) is 0 Å². The molecule has 1 aromatic heterocycles. The van der Waals surface area contributed by atoms with Crippen molar-refractivity contribution in [2.24, 2.45) is 5.92 Å². The number of H-pyrrole nitrogens is 1. The lowest BCUT2D eigenvalue weighted by Crippen LogP contribution is -2.10. The van der Waals surface area contributed by atoms with Crippen LogP contribution in [0.25, 0.3) is 0 Å². The van der Waals surface area contributed by atoms with Gasteiger partial charge >= 0.3 is 0 Å². The first-order valence-corrected chi connectivity index (χ1v) is 5.34. The van der Waals surface area contributed by atoms with Gasteiger partial charge in [0.1, 0.15) is 0 Å². The summed E-state index contributed by atoms with van der Waals surface area (Å²) in [5.74, 6) is 2.22. The Morgan fingerprint density at radius 1 is 1.62 bits per heavy atom. The van der Waals surface area contributed by atoms with Crippen LogP contribution in [0.1, 0.15) is 6.42 Å². The maximum atomic E-state index is 5.41. The van der Waals surface area contributed by atoms with Crippen molar-refractivity contribution in [3.8, 4) is 0 Å². The van der Waals surface area contributed by atoms with E-state index >= 15 is 0 Å². The van der Waals surface area contributed by atoms with Gasteiger partial charge in [0.2, 0.25) is 11.1 Å². The summed E-state index contributed by atoms with van der Waals surface area (Å²) >= 11 is 1.67. The highest BCUT2D eigenvalue weighted by molar-refractivity contribution is 7.99. The highest BCUT2D eigenvalue weighted by Gasteiger charge is 2.15. The van der Waals surface area contributed by atoms with Gasteiger partial charge in [0.25, 0.3) is 0 Å². The Bertz CT molecular complexity index is 268. The third-order valence-electron chi connectivity index (χ3n) is 2.09. The third-order valence-corrected chi connectivity index (χ3v) is 3.17. The van der Waals surface area contributed by atoms with E-state index in [0.29, 0.717) is 5.95 Å². The van der Waals surface area contributed by atoms with Crippen molar-refractivity contribution in [1.82, 2.24) is 20.5 Å². The molecule has 0 radical (unpaired) electrons. The Morgan fingerprint density at radius 3 is 3.15 bits per heavy atom. The third kappa shape index (κ3) is 2.35. The first kappa shape index (κ1) is 8.83. The molecule has 1 aromatic rings. The highest BCUT2D eigenvalue weighted by Crippen LogP contribution is 2.20. The standard InChI is InChI=1S/C7H13N5S/c8-6-10-7(12-11-6)13-4-5-1-2-9-3-5/h5,9H,1-4H2,(H3,8,10,11,12). The summed E-state index contributed by atoms with van der Waals surface area (Å²) in [6.45, 7) is 2.26. The molecule has 72 valence electrons. The lowest BCUT2D eigenvalue weighted by atomic mass is 10.2. The highest BCUT2D eigenvalue weighted by atomic mass is 32.2. The topological polar surface area (TPSA) is 79.6 Å². The quantitative estimate of drug-likeness (QED) is 0.601. The summed E-state index contributed by atoms with van der Waals surface area (Å²) in [4.78, 5) is 4.03. The largest absolute Gasteiger partial charge is 0.368 e. The van der Waals surface area contributed by atoms with E-state index in [0.717, 1.165) is 29.9 Å². The van der Waals surface area contributed by atoms with Gasteiger partial charge in [0, 0.05) is 5.75 Å². The van der Waals surface area contributed by atoms with Crippen LogP contribution in [-0.4, -0.2) is 34.0 Å². The van der Waals surface area contributed by atoms with E-state index in [1.54, 1.807) is 11.8 Å². The molecule has 0 aliphatic carbocycles. The molecular weight excluding hydrogens is 186 g/mol. The second kappa shape index (κ2) is 3.97. The first-order chi connectivity index (χ1) is 6.34. The Morgan fingerprint density at radius 2 is 2.54 bits per heavy atom. The van der Waals surface area contributed by atoms with Crippen molar-refractivity contribution in [2.75, 3.05) is 24.6 Å². The number of anilines is 1. The lowest BCUT2D eigenvalue weighted by molar-refractivity contribution is 0.661. The number of nitrogen functional groups attached to an aromatic ring is 1. The average molecular weight is 199 g/mol. The van der Waals surface area contributed by atoms with Crippen molar-refractivity contribution in [2.45, 2.75) is 11.6 Å². The number of aromatic nitrogens is 3. The van der Waals surface area contributed by atoms with E-state index < -0.39 is 0 Å². The molecule has 1 saturated heterocycles. The second-order valence-electron chi connectivity index (χ2n) is 3.17. The molecule has 0 aromatic carbocycles. The number of hydrogen-bond acceptors (Lipinski definition) is 5. The fourth-order valence-electron chi connectivity index (χ4n) is 1.37. The number of aromatic amines is 1. The van der Waals surface area contributed by atoms with E-state index in [2.05, 4.69) is 20.5 Å². The maximum Gasteiger partial charge on any atom is 0.216 e. The van der Waals surface area contributed by atoms with E-state index in [-0.39, 0.29) is 0 Å². The first-order valence-electron chi connectivity index (χ1n) is 4.36. The van der Waals surface area contributed by atoms with Crippen LogP contribution in [0.3, 0.4) is 0 Å². The summed E-state index contributed by atoms with van der Waals surface area (Å²) in [5.41, 5.74) is 5.41. The van der Waals surface area contributed by atoms with Crippen LogP contribution in [-0.2, 0) is 0 Å². The number of nitrogens with two attached hydrogens (primary N) is 1. The van der Waals surface area contributed by atoms with Gasteiger partial charge < -0.3 is 11.1 Å². The molecule has 6 heteroatoms. The van der Waals surface area contributed by atoms with Gasteiger partial charge in [-0.15, -0.1) is 5.10 Å². The van der Waals surface area contributed by atoms with Crippen molar-refractivity contribution < 1.29 is 0 Å². The zero-order chi connectivity index (χ0) is 9.10. The summed E-state index contributed by atoms with van der Waals surface area (Å²) < 4.78 is 0. The van der Waals surface area contributed by atoms with Gasteiger partial charge in [0.15, 0.2) is 0 Å².